The van der Waals surface area contributed by atoms with Gasteiger partial charge in [0.2, 0.25) is 0 Å². The molecule has 51 heavy (non-hydrogen) atoms. The molecular weight excluding hydrogens is 634 g/mol. The number of halogens is 1. The number of aliphatic hydroxyl groups is 1. The highest BCUT2D eigenvalue weighted by molar-refractivity contribution is 5.75. The van der Waals surface area contributed by atoms with Gasteiger partial charge < -0.3 is 15.5 Å². The molecule has 7 rings (SSSR count). The topological polar surface area (TPSA) is 69.6 Å². The largest absolute Gasteiger partial charge is 0.481 e. The Morgan fingerprint density at radius 3 is 2.22 bits per heavy atom. The van der Waals surface area contributed by atoms with Gasteiger partial charge in [0.05, 0.1) is 11.0 Å². The lowest BCUT2D eigenvalue weighted by Gasteiger charge is -2.72. The number of aliphatic carboxylic acids is 1. The minimum absolute atomic E-state index is 0.00707. The lowest BCUT2D eigenvalue weighted by Crippen LogP contribution is -2.68. The molecule has 0 aromatic heterocycles. The third-order valence-corrected chi connectivity index (χ3v) is 18.5. The fourth-order valence-electron chi connectivity index (χ4n) is 15.2. The molecule has 0 saturated heterocycles. The maximum absolute atomic E-state index is 14.0. The van der Waals surface area contributed by atoms with Crippen LogP contribution in [0.25, 0.3) is 0 Å². The summed E-state index contributed by atoms with van der Waals surface area (Å²) in [6.07, 6.45) is 22.9. The van der Waals surface area contributed by atoms with E-state index in [1.165, 1.54) is 74.5 Å². The molecular formula is C46H72FNO3. The van der Waals surface area contributed by atoms with E-state index in [1.807, 2.05) is 6.92 Å². The average molecular weight is 706 g/mol. The molecule has 0 bridgehead atoms. The molecule has 7 aliphatic carbocycles. The van der Waals surface area contributed by atoms with E-state index in [2.05, 4.69) is 65.6 Å². The molecule has 5 fully saturated rings. The van der Waals surface area contributed by atoms with E-state index in [9.17, 15) is 19.4 Å². The number of hydrogen-bond acceptors (Lipinski definition) is 3. The summed E-state index contributed by atoms with van der Waals surface area (Å²) in [7, 11) is 0. The second-order valence-electron chi connectivity index (χ2n) is 21.2. The van der Waals surface area contributed by atoms with Crippen LogP contribution in [-0.4, -0.2) is 40.5 Å². The van der Waals surface area contributed by atoms with Gasteiger partial charge >= 0.3 is 5.97 Å². The van der Waals surface area contributed by atoms with Gasteiger partial charge in [-0.05, 0) is 198 Å². The Labute approximate surface area is 310 Å². The SMILES string of the molecule is C=C(C)[C@@H]1CC[C@]2(NCCC3CCC(C)(O)CC3)CC[C@]3(C)[C@H](CC[C@@H]4[C@@]5(C)CC=C(C6=CC[C@](CF)(C(=O)O)CC6)C(C)(C)[C@@H]5CC[C@]43C)[C@@H]12. The highest BCUT2D eigenvalue weighted by Gasteiger charge is 2.70. The van der Waals surface area contributed by atoms with Crippen molar-refractivity contribution in [2.24, 2.45) is 62.6 Å². The molecule has 0 heterocycles. The summed E-state index contributed by atoms with van der Waals surface area (Å²) in [6.45, 7) is 22.3. The Hall–Kier alpha value is -1.46. The van der Waals surface area contributed by atoms with Crippen LogP contribution in [0.2, 0.25) is 0 Å². The van der Waals surface area contributed by atoms with Gasteiger partial charge in [0.15, 0.2) is 0 Å². The Balaban J connectivity index is 1.13. The lowest BCUT2D eigenvalue weighted by atomic mass is 9.33. The number of carbonyl (C=O) groups is 1. The molecule has 0 unspecified atom stereocenters. The first-order chi connectivity index (χ1) is 23.9. The Bertz CT molecular complexity index is 1450. The van der Waals surface area contributed by atoms with Crippen LogP contribution < -0.4 is 5.32 Å². The van der Waals surface area contributed by atoms with Gasteiger partial charge in [-0.15, -0.1) is 0 Å². The summed E-state index contributed by atoms with van der Waals surface area (Å²) in [5.74, 6) is 3.01. The van der Waals surface area contributed by atoms with Crippen LogP contribution in [0, 0.1) is 62.6 Å². The normalized spacial score (nSPS) is 49.0. The fourth-order valence-corrected chi connectivity index (χ4v) is 15.2. The van der Waals surface area contributed by atoms with Crippen molar-refractivity contribution in [1.29, 1.82) is 0 Å². The minimum Gasteiger partial charge on any atom is -0.481 e. The third kappa shape index (κ3) is 5.72. The molecule has 10 atom stereocenters. The Morgan fingerprint density at radius 1 is 0.863 bits per heavy atom. The van der Waals surface area contributed by atoms with E-state index >= 15 is 0 Å². The predicted molar refractivity (Wildman–Crippen MR) is 206 cm³/mol. The van der Waals surface area contributed by atoms with Crippen molar-refractivity contribution in [1.82, 2.24) is 5.32 Å². The smallest absolute Gasteiger partial charge is 0.312 e. The van der Waals surface area contributed by atoms with Gasteiger partial charge in [0, 0.05) is 5.54 Å². The second kappa shape index (κ2) is 12.8. The van der Waals surface area contributed by atoms with Crippen molar-refractivity contribution in [3.05, 3.63) is 35.5 Å². The molecule has 0 amide bonds. The zero-order valence-corrected chi connectivity index (χ0v) is 33.4. The van der Waals surface area contributed by atoms with Crippen molar-refractivity contribution in [2.45, 2.75) is 169 Å². The molecule has 7 aliphatic rings. The zero-order valence-electron chi connectivity index (χ0n) is 33.4. The van der Waals surface area contributed by atoms with Crippen LogP contribution in [0.1, 0.15) is 158 Å². The van der Waals surface area contributed by atoms with E-state index in [-0.39, 0.29) is 16.4 Å². The fraction of sp³-hybridized carbons (Fsp3) is 0.848. The maximum Gasteiger partial charge on any atom is 0.312 e. The molecule has 3 N–H and O–H groups in total. The van der Waals surface area contributed by atoms with E-state index in [0.717, 1.165) is 44.6 Å². The lowest BCUT2D eigenvalue weighted by molar-refractivity contribution is -0.221. The molecule has 5 saturated carbocycles. The number of hydrogen-bond donors (Lipinski definition) is 3. The number of carboxylic acid groups (broad SMARTS) is 1. The molecule has 286 valence electrons. The van der Waals surface area contributed by atoms with Crippen molar-refractivity contribution in [2.75, 3.05) is 13.2 Å². The van der Waals surface area contributed by atoms with Crippen LogP contribution in [0.3, 0.4) is 0 Å². The van der Waals surface area contributed by atoms with Crippen LogP contribution in [0.5, 0.6) is 0 Å². The van der Waals surface area contributed by atoms with Gasteiger partial charge in [-0.2, -0.15) is 0 Å². The van der Waals surface area contributed by atoms with Crippen LogP contribution in [0.15, 0.2) is 35.5 Å². The summed E-state index contributed by atoms with van der Waals surface area (Å²) < 4.78 is 14.0. The number of alkyl halides is 1. The van der Waals surface area contributed by atoms with Gasteiger partial charge in [-0.25, -0.2) is 4.39 Å². The first-order valence-corrected chi connectivity index (χ1v) is 21.2. The molecule has 0 spiro atoms. The first-order valence-electron chi connectivity index (χ1n) is 21.2. The van der Waals surface area contributed by atoms with Crippen LogP contribution in [-0.2, 0) is 4.79 Å². The van der Waals surface area contributed by atoms with Crippen LogP contribution >= 0.6 is 0 Å². The van der Waals surface area contributed by atoms with E-state index in [0.29, 0.717) is 59.7 Å². The summed E-state index contributed by atoms with van der Waals surface area (Å²) in [5.41, 5.74) is 3.48. The minimum atomic E-state index is -1.24. The average Bonchev–Trinajstić information content (AvgIpc) is 3.46. The van der Waals surface area contributed by atoms with Gasteiger partial charge in [0.1, 0.15) is 6.67 Å². The standard InChI is InChI=1S/C46H72FNO3/c1-30(2)33-15-25-46(48-28-18-31-11-19-41(5,51)20-12-31)27-26-43(7)35(38(33)46)9-10-37-42(6)21-16-34(40(3,4)36(42)17-22-44(37,43)8)32-13-23-45(29-47,24-14-32)39(49)50/h13,16,31,33,35-38,48,51H,1,9-12,14-15,17-29H2,2-8H3,(H,49,50)/t31?,33-,35+,36-,37+,38+,41?,42-,43+,44+,45-,46-/m0/s1. The molecule has 0 radical (unpaired) electrons. The quantitative estimate of drug-likeness (QED) is 0.220. The van der Waals surface area contributed by atoms with Gasteiger partial charge in [0.25, 0.3) is 0 Å². The number of fused-ring (bicyclic) bond motifs is 7. The summed E-state index contributed by atoms with van der Waals surface area (Å²) in [6, 6.07) is 0. The molecule has 5 heteroatoms. The van der Waals surface area contributed by atoms with E-state index in [4.69, 9.17) is 0 Å². The maximum atomic E-state index is 14.0. The molecule has 0 aromatic rings. The third-order valence-electron chi connectivity index (χ3n) is 18.5. The summed E-state index contributed by atoms with van der Waals surface area (Å²) in [4.78, 5) is 12.0. The Kier molecular flexibility index (Phi) is 9.50. The summed E-state index contributed by atoms with van der Waals surface area (Å²) >= 11 is 0. The van der Waals surface area contributed by atoms with Crippen molar-refractivity contribution < 1.29 is 19.4 Å². The molecule has 4 nitrogen and oxygen atoms in total. The van der Waals surface area contributed by atoms with Crippen LogP contribution in [0.4, 0.5) is 4.39 Å². The van der Waals surface area contributed by atoms with E-state index < -0.39 is 23.7 Å². The van der Waals surface area contributed by atoms with Gasteiger partial charge in [-0.1, -0.05) is 58.9 Å². The highest BCUT2D eigenvalue weighted by atomic mass is 19.1. The number of allylic oxidation sites excluding steroid dienone is 5. The van der Waals surface area contributed by atoms with Crippen molar-refractivity contribution >= 4 is 5.97 Å². The monoisotopic (exact) mass is 706 g/mol. The molecule has 0 aromatic carbocycles. The molecule has 0 aliphatic heterocycles. The first kappa shape index (κ1) is 37.8. The van der Waals surface area contributed by atoms with Gasteiger partial charge in [-0.3, -0.25) is 4.79 Å². The number of rotatable bonds is 8. The van der Waals surface area contributed by atoms with Crippen molar-refractivity contribution in [3.63, 3.8) is 0 Å². The van der Waals surface area contributed by atoms with E-state index in [1.54, 1.807) is 0 Å². The zero-order chi connectivity index (χ0) is 36.8. The number of carboxylic acids is 1. The van der Waals surface area contributed by atoms with Crippen molar-refractivity contribution in [3.8, 4) is 0 Å². The predicted octanol–water partition coefficient (Wildman–Crippen LogP) is 11.0. The highest BCUT2D eigenvalue weighted by Crippen LogP contribution is 2.76. The number of nitrogens with one attached hydrogen (secondary N) is 1. The second-order valence-corrected chi connectivity index (χ2v) is 21.2. The Morgan fingerprint density at radius 2 is 1.59 bits per heavy atom. The summed E-state index contributed by atoms with van der Waals surface area (Å²) in [5, 5.41) is 24.7.